The minimum Gasteiger partial charge on any atom is -0.481 e. The molecule has 0 saturated carbocycles. The van der Waals surface area contributed by atoms with Crippen molar-refractivity contribution in [2.75, 3.05) is 19.0 Å². The number of aromatic nitrogens is 3. The first kappa shape index (κ1) is 13.2. The van der Waals surface area contributed by atoms with E-state index in [1.54, 1.807) is 24.5 Å². The first-order valence-electron chi connectivity index (χ1n) is 5.75. The molecule has 0 aromatic carbocycles. The maximum atomic E-state index is 10.6. The number of carboxylic acids is 1. The molecule has 19 heavy (non-hydrogen) atoms. The number of pyridine rings is 1. The van der Waals surface area contributed by atoms with Crippen LogP contribution in [0, 0.1) is 0 Å². The minimum atomic E-state index is -0.897. The number of methoxy groups -OCH3 is 1. The summed E-state index contributed by atoms with van der Waals surface area (Å²) in [5.74, 6) is -0.286. The summed E-state index contributed by atoms with van der Waals surface area (Å²) in [6, 6.07) is 3.57. The smallest absolute Gasteiger partial charge is 0.306 e. The van der Waals surface area contributed by atoms with Crippen LogP contribution in [0.3, 0.4) is 0 Å². The van der Waals surface area contributed by atoms with Gasteiger partial charge < -0.3 is 15.2 Å². The molecule has 0 radical (unpaired) electrons. The molecule has 0 saturated heterocycles. The Morgan fingerprint density at radius 1 is 1.42 bits per heavy atom. The average Bonchev–Trinajstić information content (AvgIpc) is 2.42. The van der Waals surface area contributed by atoms with Crippen LogP contribution < -0.4 is 5.32 Å². The van der Waals surface area contributed by atoms with Crippen molar-refractivity contribution in [2.24, 2.45) is 0 Å². The second kappa shape index (κ2) is 6.05. The SMILES string of the molecule is COC(CNc1ccc2nccnc2n1)CC(=O)O. The van der Waals surface area contributed by atoms with E-state index in [9.17, 15) is 4.79 Å². The predicted molar refractivity (Wildman–Crippen MR) is 68.9 cm³/mol. The third-order valence-electron chi connectivity index (χ3n) is 2.58. The molecule has 2 N–H and O–H groups in total. The molecule has 2 aromatic heterocycles. The lowest BCUT2D eigenvalue weighted by Crippen LogP contribution is -2.25. The lowest BCUT2D eigenvalue weighted by molar-refractivity contribution is -0.139. The number of ether oxygens (including phenoxy) is 1. The van der Waals surface area contributed by atoms with Gasteiger partial charge in [0.15, 0.2) is 5.65 Å². The summed E-state index contributed by atoms with van der Waals surface area (Å²) in [6.45, 7) is 0.363. The van der Waals surface area contributed by atoms with Crippen molar-refractivity contribution >= 4 is 23.0 Å². The van der Waals surface area contributed by atoms with Crippen molar-refractivity contribution in [1.29, 1.82) is 0 Å². The number of anilines is 1. The summed E-state index contributed by atoms with van der Waals surface area (Å²) < 4.78 is 5.07. The molecule has 1 unspecified atom stereocenters. The van der Waals surface area contributed by atoms with Crippen molar-refractivity contribution in [2.45, 2.75) is 12.5 Å². The summed E-state index contributed by atoms with van der Waals surface area (Å²) in [4.78, 5) is 23.1. The summed E-state index contributed by atoms with van der Waals surface area (Å²) in [5.41, 5.74) is 1.25. The van der Waals surface area contributed by atoms with Gasteiger partial charge in [-0.3, -0.25) is 9.78 Å². The molecule has 0 amide bonds. The number of hydrogen-bond acceptors (Lipinski definition) is 6. The Hall–Kier alpha value is -2.28. The van der Waals surface area contributed by atoms with Crippen LogP contribution in [0.1, 0.15) is 6.42 Å². The van der Waals surface area contributed by atoms with E-state index in [4.69, 9.17) is 9.84 Å². The van der Waals surface area contributed by atoms with Crippen molar-refractivity contribution in [1.82, 2.24) is 15.0 Å². The normalized spacial score (nSPS) is 12.3. The zero-order valence-electron chi connectivity index (χ0n) is 10.4. The fourth-order valence-corrected chi connectivity index (χ4v) is 1.60. The summed E-state index contributed by atoms with van der Waals surface area (Å²) in [7, 11) is 1.48. The molecule has 2 rings (SSSR count). The highest BCUT2D eigenvalue weighted by Crippen LogP contribution is 2.10. The van der Waals surface area contributed by atoms with E-state index < -0.39 is 12.1 Å². The van der Waals surface area contributed by atoms with E-state index >= 15 is 0 Å². The van der Waals surface area contributed by atoms with Gasteiger partial charge in [0.05, 0.1) is 12.5 Å². The molecule has 0 fully saturated rings. The molecular weight excluding hydrogens is 248 g/mol. The highest BCUT2D eigenvalue weighted by atomic mass is 16.5. The van der Waals surface area contributed by atoms with Gasteiger partial charge in [-0.05, 0) is 12.1 Å². The van der Waals surface area contributed by atoms with Gasteiger partial charge in [0.1, 0.15) is 11.3 Å². The quantitative estimate of drug-likeness (QED) is 0.799. The van der Waals surface area contributed by atoms with Crippen molar-refractivity contribution < 1.29 is 14.6 Å². The molecule has 2 heterocycles. The molecule has 0 bridgehead atoms. The monoisotopic (exact) mass is 262 g/mol. The molecule has 0 aliphatic carbocycles. The van der Waals surface area contributed by atoms with Gasteiger partial charge in [0, 0.05) is 26.0 Å². The van der Waals surface area contributed by atoms with Gasteiger partial charge in [-0.25, -0.2) is 9.97 Å². The van der Waals surface area contributed by atoms with E-state index in [0.29, 0.717) is 23.5 Å². The highest BCUT2D eigenvalue weighted by Gasteiger charge is 2.12. The molecule has 1 atom stereocenters. The lowest BCUT2D eigenvalue weighted by atomic mass is 10.2. The number of aliphatic carboxylic acids is 1. The fourth-order valence-electron chi connectivity index (χ4n) is 1.60. The Morgan fingerprint density at radius 2 is 2.21 bits per heavy atom. The Bertz CT molecular complexity index is 576. The van der Waals surface area contributed by atoms with E-state index in [1.165, 1.54) is 7.11 Å². The van der Waals surface area contributed by atoms with Crippen molar-refractivity contribution in [3.05, 3.63) is 24.5 Å². The summed E-state index contributed by atoms with van der Waals surface area (Å²) in [6.07, 6.45) is 2.71. The minimum absolute atomic E-state index is 0.0586. The molecular formula is C12H14N4O3. The number of carbonyl (C=O) groups is 1. The van der Waals surface area contributed by atoms with Crippen LogP contribution in [0.2, 0.25) is 0 Å². The van der Waals surface area contributed by atoms with Crippen molar-refractivity contribution in [3.63, 3.8) is 0 Å². The van der Waals surface area contributed by atoms with Crippen LogP contribution in [-0.4, -0.2) is 45.8 Å². The Balaban J connectivity index is 2.02. The van der Waals surface area contributed by atoms with Gasteiger partial charge in [0.25, 0.3) is 0 Å². The molecule has 0 aliphatic rings. The van der Waals surface area contributed by atoms with Crippen LogP contribution in [0.25, 0.3) is 11.2 Å². The summed E-state index contributed by atoms with van der Waals surface area (Å²) in [5, 5.41) is 11.7. The Kier molecular flexibility index (Phi) is 4.19. The first-order valence-corrected chi connectivity index (χ1v) is 5.75. The van der Waals surface area contributed by atoms with Crippen molar-refractivity contribution in [3.8, 4) is 0 Å². The molecule has 0 aliphatic heterocycles. The molecule has 0 spiro atoms. The second-order valence-electron chi connectivity index (χ2n) is 3.93. The van der Waals surface area contributed by atoms with Gasteiger partial charge in [-0.2, -0.15) is 0 Å². The number of rotatable bonds is 6. The third kappa shape index (κ3) is 3.59. The number of fused-ring (bicyclic) bond motifs is 1. The molecule has 7 heteroatoms. The topological polar surface area (TPSA) is 97.2 Å². The van der Waals surface area contributed by atoms with Gasteiger partial charge >= 0.3 is 5.97 Å². The Morgan fingerprint density at radius 3 is 2.95 bits per heavy atom. The average molecular weight is 262 g/mol. The standard InChI is InChI=1S/C12H14N4O3/c1-19-8(6-11(17)18)7-15-10-3-2-9-12(16-10)14-5-4-13-9/h2-5,8H,6-7H2,1H3,(H,17,18)(H,14,15,16). The number of nitrogens with zero attached hydrogens (tertiary/aromatic N) is 3. The maximum Gasteiger partial charge on any atom is 0.306 e. The highest BCUT2D eigenvalue weighted by molar-refractivity contribution is 5.71. The molecule has 100 valence electrons. The zero-order chi connectivity index (χ0) is 13.7. The predicted octanol–water partition coefficient (Wildman–Crippen LogP) is 0.926. The number of hydrogen-bond donors (Lipinski definition) is 2. The lowest BCUT2D eigenvalue weighted by Gasteiger charge is -2.14. The second-order valence-corrected chi connectivity index (χ2v) is 3.93. The van der Waals surface area contributed by atoms with E-state index in [1.807, 2.05) is 0 Å². The van der Waals surface area contributed by atoms with Gasteiger partial charge in [-0.15, -0.1) is 0 Å². The van der Waals surface area contributed by atoms with Gasteiger partial charge in [-0.1, -0.05) is 0 Å². The van der Waals surface area contributed by atoms with Gasteiger partial charge in [0.2, 0.25) is 0 Å². The van der Waals surface area contributed by atoms with Crippen LogP contribution >= 0.6 is 0 Å². The fraction of sp³-hybridized carbons (Fsp3) is 0.333. The van der Waals surface area contributed by atoms with Crippen LogP contribution in [-0.2, 0) is 9.53 Å². The summed E-state index contributed by atoms with van der Waals surface area (Å²) >= 11 is 0. The Labute approximate surface area is 109 Å². The van der Waals surface area contributed by atoms with Crippen LogP contribution in [0.15, 0.2) is 24.5 Å². The maximum absolute atomic E-state index is 10.6. The number of nitrogens with one attached hydrogen (secondary N) is 1. The van der Waals surface area contributed by atoms with E-state index in [-0.39, 0.29) is 6.42 Å². The van der Waals surface area contributed by atoms with E-state index in [0.717, 1.165) is 0 Å². The number of carboxylic acid groups (broad SMARTS) is 1. The molecule has 2 aromatic rings. The van der Waals surface area contributed by atoms with E-state index in [2.05, 4.69) is 20.3 Å². The van der Waals surface area contributed by atoms with Crippen LogP contribution in [0.5, 0.6) is 0 Å². The largest absolute Gasteiger partial charge is 0.481 e. The first-order chi connectivity index (χ1) is 9.19. The van der Waals surface area contributed by atoms with Crippen LogP contribution in [0.4, 0.5) is 5.82 Å². The zero-order valence-corrected chi connectivity index (χ0v) is 10.4. The third-order valence-corrected chi connectivity index (χ3v) is 2.58. The molecule has 7 nitrogen and oxygen atoms in total.